The molecule has 0 saturated heterocycles. The lowest BCUT2D eigenvalue weighted by Crippen LogP contribution is -2.29. The van der Waals surface area contributed by atoms with Crippen molar-refractivity contribution in [2.75, 3.05) is 13.2 Å². The van der Waals surface area contributed by atoms with Crippen molar-refractivity contribution in [2.24, 2.45) is 0 Å². The first-order chi connectivity index (χ1) is 23.3. The maximum atomic E-state index is 12.4. The van der Waals surface area contributed by atoms with Crippen molar-refractivity contribution >= 4 is 19.8 Å². The zero-order valence-electron chi connectivity index (χ0n) is 29.9. The number of ether oxygens (including phenoxy) is 2. The number of allylic oxidation sites excluding steroid dienone is 12. The molecule has 0 fully saturated rings. The molecule has 0 saturated carbocycles. The second kappa shape index (κ2) is 34.4. The number of rotatable bonds is 32. The lowest BCUT2D eigenvalue weighted by Gasteiger charge is -2.18. The number of carbonyl (C=O) groups excluding carboxylic acids is 2. The van der Waals surface area contributed by atoms with Gasteiger partial charge in [-0.3, -0.25) is 14.1 Å². The molecule has 0 spiro atoms. The van der Waals surface area contributed by atoms with E-state index in [1.807, 2.05) is 0 Å². The molecule has 8 nitrogen and oxygen atoms in total. The first-order valence-corrected chi connectivity index (χ1v) is 19.8. The molecule has 2 N–H and O–H groups in total. The highest BCUT2D eigenvalue weighted by atomic mass is 31.2. The predicted molar refractivity (Wildman–Crippen MR) is 197 cm³/mol. The number of hydrogen-bond donors (Lipinski definition) is 2. The van der Waals surface area contributed by atoms with E-state index in [2.05, 4.69) is 91.3 Å². The Hall–Kier alpha value is -2.51. The van der Waals surface area contributed by atoms with Crippen LogP contribution in [0.1, 0.15) is 142 Å². The van der Waals surface area contributed by atoms with Crippen LogP contribution in [0.15, 0.2) is 72.9 Å². The van der Waals surface area contributed by atoms with Crippen LogP contribution in [0.5, 0.6) is 0 Å². The Morgan fingerprint density at radius 2 is 0.938 bits per heavy atom. The van der Waals surface area contributed by atoms with E-state index in [-0.39, 0.29) is 19.4 Å². The fraction of sp³-hybridized carbons (Fsp3) is 0.641. The molecule has 1 atom stereocenters. The molecule has 0 radical (unpaired) electrons. The summed E-state index contributed by atoms with van der Waals surface area (Å²) in [6, 6.07) is 0. The van der Waals surface area contributed by atoms with E-state index in [4.69, 9.17) is 19.3 Å². The van der Waals surface area contributed by atoms with Gasteiger partial charge in [0.05, 0.1) is 6.61 Å². The number of phosphoric ester groups is 1. The third-order valence-corrected chi connectivity index (χ3v) is 7.71. The van der Waals surface area contributed by atoms with Gasteiger partial charge in [-0.05, 0) is 77.0 Å². The Morgan fingerprint density at radius 3 is 1.42 bits per heavy atom. The average molecular weight is 693 g/mol. The van der Waals surface area contributed by atoms with Crippen molar-refractivity contribution in [3.8, 4) is 0 Å². The maximum Gasteiger partial charge on any atom is 0.469 e. The summed E-state index contributed by atoms with van der Waals surface area (Å²) in [6.07, 6.45) is 43.4. The van der Waals surface area contributed by atoms with Crippen LogP contribution in [-0.2, 0) is 28.2 Å². The normalized spacial score (nSPS) is 13.3. The van der Waals surface area contributed by atoms with E-state index < -0.39 is 32.5 Å². The SMILES string of the molecule is CC/C=C\C/C=C\C/C=C\CCCCCCCCCC(=O)OC(COC(=O)CCCCC/C=C\C/C=C\C/C=C\CC)COP(=O)(O)O. The van der Waals surface area contributed by atoms with Crippen molar-refractivity contribution < 1.29 is 37.9 Å². The van der Waals surface area contributed by atoms with E-state index in [9.17, 15) is 14.2 Å². The van der Waals surface area contributed by atoms with Crippen LogP contribution in [0, 0.1) is 0 Å². The summed E-state index contributed by atoms with van der Waals surface area (Å²) in [5.74, 6) is -0.939. The van der Waals surface area contributed by atoms with Gasteiger partial charge in [-0.1, -0.05) is 125 Å². The second-order valence-electron chi connectivity index (χ2n) is 11.8. The third-order valence-electron chi connectivity index (χ3n) is 7.22. The maximum absolute atomic E-state index is 12.4. The van der Waals surface area contributed by atoms with Gasteiger partial charge in [-0.15, -0.1) is 0 Å². The van der Waals surface area contributed by atoms with Crippen molar-refractivity contribution in [3.63, 3.8) is 0 Å². The molecule has 0 amide bonds. The van der Waals surface area contributed by atoms with Gasteiger partial charge in [0.25, 0.3) is 0 Å². The number of phosphoric acid groups is 1. The van der Waals surface area contributed by atoms with Crippen LogP contribution in [-0.4, -0.2) is 41.0 Å². The van der Waals surface area contributed by atoms with E-state index in [0.717, 1.165) is 83.5 Å². The Kier molecular flexibility index (Phi) is 32.6. The van der Waals surface area contributed by atoms with Crippen molar-refractivity contribution in [1.29, 1.82) is 0 Å². The third kappa shape index (κ3) is 36.3. The number of esters is 2. The second-order valence-corrected chi connectivity index (χ2v) is 13.0. The molecule has 9 heteroatoms. The molecule has 0 bridgehead atoms. The Balaban J connectivity index is 4.05. The monoisotopic (exact) mass is 692 g/mol. The van der Waals surface area contributed by atoms with Crippen molar-refractivity contribution in [3.05, 3.63) is 72.9 Å². The molecule has 1 unspecified atom stereocenters. The molecule has 0 rings (SSSR count). The van der Waals surface area contributed by atoms with Gasteiger partial charge in [0.1, 0.15) is 6.61 Å². The quantitative estimate of drug-likeness (QED) is 0.0309. The average Bonchev–Trinajstić information content (AvgIpc) is 3.05. The topological polar surface area (TPSA) is 119 Å². The molecular formula is C39H65O8P. The standard InChI is InChI=1S/C39H65O8P/c1-3-5-7-9-11-13-15-17-18-19-20-22-24-26-28-30-32-34-39(41)47-37(36-46-48(42,43)44)35-45-38(40)33-31-29-27-25-23-21-16-14-12-10-8-6-4-2/h5-8,11-14,17-18,21,23,37H,3-4,9-10,15-16,19-20,22,24-36H2,1-2H3,(H2,42,43,44)/b7-5-,8-6-,13-11-,14-12-,18-17-,23-21-. The minimum absolute atomic E-state index is 0.190. The lowest BCUT2D eigenvalue weighted by atomic mass is 10.1. The van der Waals surface area contributed by atoms with Gasteiger partial charge in [-0.2, -0.15) is 0 Å². The fourth-order valence-electron chi connectivity index (χ4n) is 4.58. The van der Waals surface area contributed by atoms with Crippen LogP contribution < -0.4 is 0 Å². The van der Waals surface area contributed by atoms with Gasteiger partial charge >= 0.3 is 19.8 Å². The summed E-state index contributed by atoms with van der Waals surface area (Å²) < 4.78 is 26.2. The number of hydrogen-bond acceptors (Lipinski definition) is 6. The van der Waals surface area contributed by atoms with Gasteiger partial charge in [0.2, 0.25) is 0 Å². The summed E-state index contributed by atoms with van der Waals surface area (Å²) in [7, 11) is -4.76. The zero-order valence-corrected chi connectivity index (χ0v) is 30.7. The molecule has 0 aromatic heterocycles. The Labute approximate surface area is 291 Å². The number of carbonyl (C=O) groups is 2. The van der Waals surface area contributed by atoms with E-state index in [1.54, 1.807) is 0 Å². The molecule has 0 aliphatic carbocycles. The predicted octanol–water partition coefficient (Wildman–Crippen LogP) is 10.7. The smallest absolute Gasteiger partial charge is 0.462 e. The summed E-state index contributed by atoms with van der Waals surface area (Å²) in [4.78, 5) is 42.7. The van der Waals surface area contributed by atoms with Crippen LogP contribution in [0.2, 0.25) is 0 Å². The molecule has 0 aromatic carbocycles. The first-order valence-electron chi connectivity index (χ1n) is 18.2. The van der Waals surface area contributed by atoms with Gasteiger partial charge in [-0.25, -0.2) is 4.57 Å². The summed E-state index contributed by atoms with van der Waals surface area (Å²) >= 11 is 0. The van der Waals surface area contributed by atoms with Crippen molar-refractivity contribution in [2.45, 2.75) is 148 Å². The summed E-state index contributed by atoms with van der Waals surface area (Å²) in [5.41, 5.74) is 0. The highest BCUT2D eigenvalue weighted by molar-refractivity contribution is 7.46. The molecule has 274 valence electrons. The molecular weight excluding hydrogens is 627 g/mol. The summed E-state index contributed by atoms with van der Waals surface area (Å²) in [6.45, 7) is 3.40. The highest BCUT2D eigenvalue weighted by Gasteiger charge is 2.22. The van der Waals surface area contributed by atoms with E-state index >= 15 is 0 Å². The minimum atomic E-state index is -4.76. The van der Waals surface area contributed by atoms with Gasteiger partial charge in [0, 0.05) is 12.8 Å². The van der Waals surface area contributed by atoms with Gasteiger partial charge < -0.3 is 19.3 Å². The van der Waals surface area contributed by atoms with Crippen LogP contribution in [0.25, 0.3) is 0 Å². The zero-order chi connectivity index (χ0) is 35.4. The molecule has 0 aliphatic rings. The number of unbranched alkanes of at least 4 members (excludes halogenated alkanes) is 10. The fourth-order valence-corrected chi connectivity index (χ4v) is 4.94. The first kappa shape index (κ1) is 45.5. The largest absolute Gasteiger partial charge is 0.469 e. The van der Waals surface area contributed by atoms with E-state index in [0.29, 0.717) is 12.8 Å². The van der Waals surface area contributed by atoms with E-state index in [1.165, 1.54) is 19.3 Å². The molecule has 48 heavy (non-hydrogen) atoms. The highest BCUT2D eigenvalue weighted by Crippen LogP contribution is 2.35. The lowest BCUT2D eigenvalue weighted by molar-refractivity contribution is -0.161. The van der Waals surface area contributed by atoms with Crippen LogP contribution in [0.4, 0.5) is 0 Å². The molecule has 0 heterocycles. The summed E-state index contributed by atoms with van der Waals surface area (Å²) in [5, 5.41) is 0. The minimum Gasteiger partial charge on any atom is -0.462 e. The Morgan fingerprint density at radius 1 is 0.542 bits per heavy atom. The molecule has 0 aromatic rings. The van der Waals surface area contributed by atoms with Crippen LogP contribution >= 0.6 is 7.82 Å². The van der Waals surface area contributed by atoms with Gasteiger partial charge in [0.15, 0.2) is 6.10 Å². The van der Waals surface area contributed by atoms with Crippen molar-refractivity contribution in [1.82, 2.24) is 0 Å². The Bertz CT molecular complexity index is 1010. The molecule has 0 aliphatic heterocycles. The van der Waals surface area contributed by atoms with Crippen LogP contribution in [0.3, 0.4) is 0 Å².